The molecule has 0 atom stereocenters. The average molecular weight is 312 g/mol. The summed E-state index contributed by atoms with van der Waals surface area (Å²) in [5.74, 6) is -1.17. The van der Waals surface area contributed by atoms with Crippen molar-refractivity contribution in [2.45, 2.75) is 13.1 Å². The molecule has 1 aromatic heterocycles. The van der Waals surface area contributed by atoms with Crippen LogP contribution >= 0.6 is 0 Å². The second-order valence-corrected chi connectivity index (χ2v) is 4.38. The van der Waals surface area contributed by atoms with Crippen molar-refractivity contribution in [1.82, 2.24) is 0 Å². The van der Waals surface area contributed by atoms with Crippen LogP contribution in [0.2, 0.25) is 0 Å². The van der Waals surface area contributed by atoms with Crippen LogP contribution in [0.15, 0.2) is 40.8 Å². The van der Waals surface area contributed by atoms with Gasteiger partial charge in [-0.1, -0.05) is 6.07 Å². The van der Waals surface area contributed by atoms with Gasteiger partial charge < -0.3 is 9.73 Å². The van der Waals surface area contributed by atoms with Gasteiger partial charge in [0.2, 0.25) is 5.91 Å². The number of anilines is 2. The smallest absolute Gasteiger partial charge is 0.416 e. The molecule has 2 amide bonds. The predicted molar refractivity (Wildman–Crippen MR) is 72.4 cm³/mol. The van der Waals surface area contributed by atoms with Crippen LogP contribution in [0.1, 0.15) is 23.0 Å². The van der Waals surface area contributed by atoms with Gasteiger partial charge in [0.15, 0.2) is 11.6 Å². The van der Waals surface area contributed by atoms with Crippen molar-refractivity contribution in [1.29, 1.82) is 0 Å². The maximum atomic E-state index is 12.6. The zero-order valence-corrected chi connectivity index (χ0v) is 11.3. The first-order valence-electron chi connectivity index (χ1n) is 6.12. The number of alkyl halides is 3. The summed E-state index contributed by atoms with van der Waals surface area (Å²) >= 11 is 0. The summed E-state index contributed by atoms with van der Waals surface area (Å²) in [7, 11) is 0. The summed E-state index contributed by atoms with van der Waals surface area (Å²) in [5.41, 5.74) is -0.888. The Labute approximate surface area is 123 Å². The lowest BCUT2D eigenvalue weighted by Crippen LogP contribution is -2.12. The number of amides is 2. The van der Waals surface area contributed by atoms with Crippen LogP contribution < -0.4 is 10.6 Å². The van der Waals surface area contributed by atoms with E-state index in [2.05, 4.69) is 10.6 Å². The minimum absolute atomic E-state index is 0.0164. The molecule has 0 aliphatic heterocycles. The van der Waals surface area contributed by atoms with Gasteiger partial charge in [0.25, 0.3) is 5.91 Å². The van der Waals surface area contributed by atoms with Crippen LogP contribution in [0.4, 0.5) is 24.7 Å². The third kappa shape index (κ3) is 3.87. The van der Waals surface area contributed by atoms with Gasteiger partial charge in [-0.2, -0.15) is 13.2 Å². The van der Waals surface area contributed by atoms with E-state index in [-0.39, 0.29) is 23.2 Å². The summed E-state index contributed by atoms with van der Waals surface area (Å²) in [6.45, 7) is 1.27. The van der Waals surface area contributed by atoms with Crippen molar-refractivity contribution in [2.24, 2.45) is 0 Å². The first-order chi connectivity index (χ1) is 10.3. The fourth-order valence-corrected chi connectivity index (χ4v) is 1.67. The number of carbonyl (C=O) groups excluding carboxylic acids is 2. The Hall–Kier alpha value is -2.77. The molecule has 0 bridgehead atoms. The Kier molecular flexibility index (Phi) is 4.20. The highest BCUT2D eigenvalue weighted by Crippen LogP contribution is 2.30. The number of nitrogens with one attached hydrogen (secondary N) is 2. The molecule has 5 nitrogen and oxygen atoms in total. The van der Waals surface area contributed by atoms with Crippen LogP contribution in [0.5, 0.6) is 0 Å². The Morgan fingerprint density at radius 3 is 2.45 bits per heavy atom. The van der Waals surface area contributed by atoms with Crippen molar-refractivity contribution >= 4 is 23.4 Å². The second-order valence-electron chi connectivity index (χ2n) is 4.38. The minimum atomic E-state index is -4.50. The van der Waals surface area contributed by atoms with E-state index in [1.165, 1.54) is 31.2 Å². The maximum absolute atomic E-state index is 12.6. The molecule has 2 aromatic rings. The van der Waals surface area contributed by atoms with Crippen molar-refractivity contribution in [2.75, 3.05) is 10.6 Å². The molecule has 0 fully saturated rings. The maximum Gasteiger partial charge on any atom is 0.416 e. The second kappa shape index (κ2) is 5.92. The van der Waals surface area contributed by atoms with Gasteiger partial charge in [0, 0.05) is 18.7 Å². The minimum Gasteiger partial charge on any atom is -0.435 e. The molecular formula is C14H11F3N2O3. The van der Waals surface area contributed by atoms with Gasteiger partial charge in [-0.15, -0.1) is 0 Å². The van der Waals surface area contributed by atoms with Crippen molar-refractivity contribution in [3.8, 4) is 0 Å². The van der Waals surface area contributed by atoms with Gasteiger partial charge in [0.1, 0.15) is 0 Å². The molecule has 0 saturated carbocycles. The quantitative estimate of drug-likeness (QED) is 0.911. The number of halogens is 3. The number of rotatable bonds is 3. The molecule has 8 heteroatoms. The molecule has 0 saturated heterocycles. The van der Waals surface area contributed by atoms with Crippen molar-refractivity contribution < 1.29 is 27.2 Å². The molecule has 116 valence electrons. The fraction of sp³-hybridized carbons (Fsp3) is 0.143. The topological polar surface area (TPSA) is 71.3 Å². The summed E-state index contributed by atoms with van der Waals surface area (Å²) < 4.78 is 42.8. The number of carbonyl (C=O) groups is 2. The van der Waals surface area contributed by atoms with Crippen molar-refractivity contribution in [3.05, 3.63) is 47.7 Å². The van der Waals surface area contributed by atoms with E-state index in [0.717, 1.165) is 12.1 Å². The molecule has 0 aliphatic rings. The van der Waals surface area contributed by atoms with Crippen LogP contribution in [-0.4, -0.2) is 11.8 Å². The highest BCUT2D eigenvalue weighted by Gasteiger charge is 2.30. The van der Waals surface area contributed by atoms with E-state index >= 15 is 0 Å². The number of hydrogen-bond donors (Lipinski definition) is 2. The normalized spacial score (nSPS) is 11.1. The van der Waals surface area contributed by atoms with Crippen LogP contribution in [0.25, 0.3) is 0 Å². The zero-order chi connectivity index (χ0) is 16.3. The van der Waals surface area contributed by atoms with Crippen molar-refractivity contribution in [3.63, 3.8) is 0 Å². The average Bonchev–Trinajstić information content (AvgIpc) is 2.86. The summed E-state index contributed by atoms with van der Waals surface area (Å²) in [5, 5.41) is 4.63. The lowest BCUT2D eigenvalue weighted by molar-refractivity contribution is -0.137. The van der Waals surface area contributed by atoms with Gasteiger partial charge in [-0.25, -0.2) is 0 Å². The monoisotopic (exact) mass is 312 g/mol. The molecule has 2 N–H and O–H groups in total. The Morgan fingerprint density at radius 2 is 1.82 bits per heavy atom. The fourth-order valence-electron chi connectivity index (χ4n) is 1.67. The lowest BCUT2D eigenvalue weighted by Gasteiger charge is -2.09. The molecule has 0 radical (unpaired) electrons. The van der Waals surface area contributed by atoms with Crippen LogP contribution in [0, 0.1) is 0 Å². The number of hydrogen-bond acceptors (Lipinski definition) is 3. The molecule has 0 aliphatic carbocycles. The number of benzene rings is 1. The van der Waals surface area contributed by atoms with E-state index < -0.39 is 17.6 Å². The standard InChI is InChI=1S/C14H11F3N2O3/c1-8(20)18-12-6-5-11(22-12)13(21)19-10-4-2-3-9(7-10)14(15,16)17/h2-7H,1H3,(H,18,20)(H,19,21). The van der Waals surface area contributed by atoms with E-state index in [0.29, 0.717) is 0 Å². The predicted octanol–water partition coefficient (Wildman–Crippen LogP) is 3.51. The van der Waals surface area contributed by atoms with E-state index in [1.54, 1.807) is 0 Å². The van der Waals surface area contributed by atoms with Gasteiger partial charge >= 0.3 is 6.18 Å². The summed E-state index contributed by atoms with van der Waals surface area (Å²) in [6.07, 6.45) is -4.50. The molecular weight excluding hydrogens is 301 g/mol. The van der Waals surface area contributed by atoms with Gasteiger partial charge in [-0.05, 0) is 24.3 Å². The highest BCUT2D eigenvalue weighted by atomic mass is 19.4. The molecule has 1 heterocycles. The van der Waals surface area contributed by atoms with E-state index in [9.17, 15) is 22.8 Å². The largest absolute Gasteiger partial charge is 0.435 e. The third-order valence-electron chi connectivity index (χ3n) is 2.58. The first-order valence-corrected chi connectivity index (χ1v) is 6.12. The summed E-state index contributed by atoms with van der Waals surface area (Å²) in [6, 6.07) is 6.89. The van der Waals surface area contributed by atoms with Crippen LogP contribution in [0.3, 0.4) is 0 Å². The molecule has 2 rings (SSSR count). The SMILES string of the molecule is CC(=O)Nc1ccc(C(=O)Nc2cccc(C(F)(F)F)c2)o1. The molecule has 1 aromatic carbocycles. The Bertz CT molecular complexity index is 707. The lowest BCUT2D eigenvalue weighted by atomic mass is 10.2. The van der Waals surface area contributed by atoms with E-state index in [4.69, 9.17) is 4.42 Å². The Balaban J connectivity index is 2.12. The molecule has 0 spiro atoms. The Morgan fingerprint density at radius 1 is 1.09 bits per heavy atom. The van der Waals surface area contributed by atoms with Gasteiger partial charge in [0.05, 0.1) is 5.56 Å². The summed E-state index contributed by atoms with van der Waals surface area (Å²) in [4.78, 5) is 22.7. The number of furan rings is 1. The third-order valence-corrected chi connectivity index (χ3v) is 2.58. The van der Waals surface area contributed by atoms with Crippen LogP contribution in [-0.2, 0) is 11.0 Å². The first kappa shape index (κ1) is 15.6. The van der Waals surface area contributed by atoms with E-state index in [1.807, 2.05) is 0 Å². The van der Waals surface area contributed by atoms with Gasteiger partial charge in [-0.3, -0.25) is 14.9 Å². The molecule has 0 unspecified atom stereocenters. The zero-order valence-electron chi connectivity index (χ0n) is 11.3. The highest BCUT2D eigenvalue weighted by molar-refractivity contribution is 6.02. The molecule has 22 heavy (non-hydrogen) atoms.